The standard InChI is InChI=1S/C25H26ClFN2O6/c1-29-18-12-20(34-2)22(27)21(26)16(18)11-19(29)23(31)28-17(13-30)14-3-5-15(6-4-14)25(24(32)33)7-9-35-10-8-25/h3-6,11-12,17,30H,7-10,13H2,1-2H3,(H,28,31)(H,32,33)/t17-/m1/s1. The van der Waals surface area contributed by atoms with Crippen LogP contribution < -0.4 is 10.1 Å². The van der Waals surface area contributed by atoms with Gasteiger partial charge in [-0.15, -0.1) is 0 Å². The van der Waals surface area contributed by atoms with Gasteiger partial charge in [-0.2, -0.15) is 0 Å². The second kappa shape index (κ2) is 9.85. The molecule has 1 aliphatic rings. The number of methoxy groups -OCH3 is 1. The Morgan fingerprint density at radius 1 is 1.26 bits per heavy atom. The van der Waals surface area contributed by atoms with Crippen LogP contribution in [0.15, 0.2) is 36.4 Å². The summed E-state index contributed by atoms with van der Waals surface area (Å²) < 4.78 is 26.3. The zero-order chi connectivity index (χ0) is 25.3. The number of halogens is 2. The zero-order valence-electron chi connectivity index (χ0n) is 19.3. The fourth-order valence-corrected chi connectivity index (χ4v) is 4.84. The molecule has 2 heterocycles. The van der Waals surface area contributed by atoms with Gasteiger partial charge in [0.15, 0.2) is 11.6 Å². The molecule has 1 amide bonds. The van der Waals surface area contributed by atoms with Gasteiger partial charge in [-0.25, -0.2) is 4.39 Å². The van der Waals surface area contributed by atoms with Crippen LogP contribution in [-0.4, -0.2) is 53.6 Å². The molecule has 0 spiro atoms. The maximum atomic E-state index is 14.4. The van der Waals surface area contributed by atoms with Gasteiger partial charge >= 0.3 is 5.97 Å². The second-order valence-corrected chi connectivity index (χ2v) is 8.94. The molecule has 3 aromatic rings. The van der Waals surface area contributed by atoms with E-state index in [9.17, 15) is 24.2 Å². The smallest absolute Gasteiger partial charge is 0.314 e. The molecule has 0 unspecified atom stereocenters. The van der Waals surface area contributed by atoms with Gasteiger partial charge in [0, 0.05) is 31.7 Å². The molecule has 3 N–H and O–H groups in total. The quantitative estimate of drug-likeness (QED) is 0.454. The number of aryl methyl sites for hydroxylation is 1. The number of hydrogen-bond acceptors (Lipinski definition) is 5. The fourth-order valence-electron chi connectivity index (χ4n) is 4.60. The summed E-state index contributed by atoms with van der Waals surface area (Å²) in [7, 11) is 2.97. The van der Waals surface area contributed by atoms with Gasteiger partial charge in [-0.3, -0.25) is 9.59 Å². The number of aliphatic carboxylic acids is 1. The Hall–Kier alpha value is -3.14. The van der Waals surface area contributed by atoms with Crippen molar-refractivity contribution in [3.63, 3.8) is 0 Å². The number of nitrogens with zero attached hydrogens (tertiary/aromatic N) is 1. The molecule has 0 aliphatic carbocycles. The van der Waals surface area contributed by atoms with Crippen LogP contribution in [-0.2, 0) is 22.0 Å². The summed E-state index contributed by atoms with van der Waals surface area (Å²) in [5.41, 5.74) is 0.976. The van der Waals surface area contributed by atoms with E-state index in [1.807, 2.05) is 0 Å². The summed E-state index contributed by atoms with van der Waals surface area (Å²) in [5.74, 6) is -2.14. The van der Waals surface area contributed by atoms with Crippen LogP contribution >= 0.6 is 11.6 Å². The van der Waals surface area contributed by atoms with Crippen molar-refractivity contribution in [3.8, 4) is 5.75 Å². The van der Waals surface area contributed by atoms with Crippen molar-refractivity contribution in [2.24, 2.45) is 7.05 Å². The summed E-state index contributed by atoms with van der Waals surface area (Å²) in [6, 6.07) is 9.04. The number of carbonyl (C=O) groups excluding carboxylic acids is 1. The van der Waals surface area contributed by atoms with Gasteiger partial charge in [-0.1, -0.05) is 35.9 Å². The summed E-state index contributed by atoms with van der Waals surface area (Å²) in [6.07, 6.45) is 0.744. The molecule has 35 heavy (non-hydrogen) atoms. The van der Waals surface area contributed by atoms with Crippen LogP contribution in [0.4, 0.5) is 4.39 Å². The maximum Gasteiger partial charge on any atom is 0.314 e. The largest absolute Gasteiger partial charge is 0.494 e. The Bertz CT molecular complexity index is 1270. The Morgan fingerprint density at radius 3 is 2.49 bits per heavy atom. The summed E-state index contributed by atoms with van der Waals surface area (Å²) in [4.78, 5) is 25.1. The van der Waals surface area contributed by atoms with E-state index < -0.39 is 29.2 Å². The van der Waals surface area contributed by atoms with Crippen molar-refractivity contribution in [1.29, 1.82) is 0 Å². The van der Waals surface area contributed by atoms with Gasteiger partial charge in [0.05, 0.1) is 35.7 Å². The summed E-state index contributed by atoms with van der Waals surface area (Å²) >= 11 is 6.15. The number of ether oxygens (including phenoxy) is 2. The third kappa shape index (κ3) is 4.35. The first-order valence-corrected chi connectivity index (χ1v) is 11.5. The third-order valence-electron chi connectivity index (χ3n) is 6.75. The molecular weight excluding hydrogens is 479 g/mol. The number of aliphatic hydroxyl groups excluding tert-OH is 1. The number of amides is 1. The highest BCUT2D eigenvalue weighted by Crippen LogP contribution is 2.37. The fraction of sp³-hybridized carbons (Fsp3) is 0.360. The van der Waals surface area contributed by atoms with Crippen LogP contribution in [0.25, 0.3) is 10.9 Å². The number of aliphatic hydroxyl groups is 1. The monoisotopic (exact) mass is 504 g/mol. The summed E-state index contributed by atoms with van der Waals surface area (Å²) in [6.45, 7) is 0.360. The number of rotatable bonds is 7. The van der Waals surface area contributed by atoms with Crippen molar-refractivity contribution in [2.75, 3.05) is 26.9 Å². The minimum absolute atomic E-state index is 0.0346. The normalized spacial score (nSPS) is 16.1. The molecule has 10 heteroatoms. The molecule has 1 aromatic heterocycles. The van der Waals surface area contributed by atoms with E-state index in [4.69, 9.17) is 21.1 Å². The average Bonchev–Trinajstić information content (AvgIpc) is 3.21. The van der Waals surface area contributed by atoms with E-state index >= 15 is 0 Å². The molecular formula is C25H26ClFN2O6. The number of aromatic nitrogens is 1. The van der Waals surface area contributed by atoms with Crippen molar-refractivity contribution < 1.29 is 33.7 Å². The summed E-state index contributed by atoms with van der Waals surface area (Å²) in [5, 5.41) is 22.8. The highest BCUT2D eigenvalue weighted by molar-refractivity contribution is 6.36. The average molecular weight is 505 g/mol. The molecule has 186 valence electrons. The Morgan fingerprint density at radius 2 is 1.91 bits per heavy atom. The van der Waals surface area contributed by atoms with Crippen LogP contribution in [0, 0.1) is 5.82 Å². The lowest BCUT2D eigenvalue weighted by Crippen LogP contribution is -2.41. The van der Waals surface area contributed by atoms with E-state index in [0.717, 1.165) is 0 Å². The van der Waals surface area contributed by atoms with Crippen LogP contribution in [0.5, 0.6) is 5.75 Å². The highest BCUT2D eigenvalue weighted by Gasteiger charge is 2.41. The van der Waals surface area contributed by atoms with Gasteiger partial charge in [0.2, 0.25) is 0 Å². The molecule has 1 saturated heterocycles. The highest BCUT2D eigenvalue weighted by atomic mass is 35.5. The van der Waals surface area contributed by atoms with Gasteiger partial charge < -0.3 is 29.6 Å². The first kappa shape index (κ1) is 25.0. The number of benzene rings is 2. The van der Waals surface area contributed by atoms with E-state index in [1.54, 1.807) is 35.9 Å². The molecule has 1 fully saturated rings. The van der Waals surface area contributed by atoms with Crippen molar-refractivity contribution in [2.45, 2.75) is 24.3 Å². The zero-order valence-corrected chi connectivity index (χ0v) is 20.1. The predicted octanol–water partition coefficient (Wildman–Crippen LogP) is 3.58. The van der Waals surface area contributed by atoms with Gasteiger partial charge in [0.25, 0.3) is 5.91 Å². The van der Waals surface area contributed by atoms with Gasteiger partial charge in [0.1, 0.15) is 5.69 Å². The Kier molecular flexibility index (Phi) is 7.02. The molecule has 2 aromatic carbocycles. The predicted molar refractivity (Wildman–Crippen MR) is 128 cm³/mol. The Labute approximate surface area is 206 Å². The Balaban J connectivity index is 1.59. The molecule has 8 nitrogen and oxygen atoms in total. The minimum Gasteiger partial charge on any atom is -0.494 e. The number of nitrogens with one attached hydrogen (secondary N) is 1. The van der Waals surface area contributed by atoms with Crippen LogP contribution in [0.3, 0.4) is 0 Å². The van der Waals surface area contributed by atoms with Crippen molar-refractivity contribution >= 4 is 34.4 Å². The second-order valence-electron chi connectivity index (χ2n) is 8.56. The number of carbonyl (C=O) groups is 2. The first-order valence-electron chi connectivity index (χ1n) is 11.1. The molecule has 0 radical (unpaired) electrons. The lowest BCUT2D eigenvalue weighted by Gasteiger charge is -2.33. The first-order chi connectivity index (χ1) is 16.7. The number of carboxylic acids is 1. The van der Waals surface area contributed by atoms with Crippen LogP contribution in [0.1, 0.15) is 40.5 Å². The molecule has 0 bridgehead atoms. The lowest BCUT2D eigenvalue weighted by molar-refractivity contribution is -0.147. The number of hydrogen-bond donors (Lipinski definition) is 3. The molecule has 1 aliphatic heterocycles. The maximum absolute atomic E-state index is 14.4. The van der Waals surface area contributed by atoms with E-state index in [1.165, 1.54) is 19.2 Å². The number of carboxylic acid groups (broad SMARTS) is 1. The lowest BCUT2D eigenvalue weighted by atomic mass is 9.74. The molecule has 0 saturated carbocycles. The van der Waals surface area contributed by atoms with Crippen molar-refractivity contribution in [1.82, 2.24) is 9.88 Å². The van der Waals surface area contributed by atoms with E-state index in [-0.39, 0.29) is 23.1 Å². The van der Waals surface area contributed by atoms with E-state index in [2.05, 4.69) is 5.32 Å². The number of fused-ring (bicyclic) bond motifs is 1. The van der Waals surface area contributed by atoms with E-state index in [0.29, 0.717) is 48.1 Å². The molecule has 4 rings (SSSR count). The minimum atomic E-state index is -1.02. The molecule has 1 atom stereocenters. The third-order valence-corrected chi connectivity index (χ3v) is 7.12. The SMILES string of the molecule is COc1cc2c(cc(C(=O)N[C@H](CO)c3ccc(C4(C(=O)O)CCOCC4)cc3)n2C)c(Cl)c1F. The van der Waals surface area contributed by atoms with Crippen molar-refractivity contribution in [3.05, 3.63) is 64.1 Å². The topological polar surface area (TPSA) is 110 Å². The van der Waals surface area contributed by atoms with Crippen LogP contribution in [0.2, 0.25) is 5.02 Å². The van der Waals surface area contributed by atoms with Gasteiger partial charge in [-0.05, 0) is 30.0 Å².